The van der Waals surface area contributed by atoms with Crippen LogP contribution in [0.2, 0.25) is 0 Å². The van der Waals surface area contributed by atoms with Gasteiger partial charge in [-0.3, -0.25) is 14.4 Å². The number of hydrogen-bond acceptors (Lipinski definition) is 5. The summed E-state index contributed by atoms with van der Waals surface area (Å²) in [5, 5.41) is 15.5. The van der Waals surface area contributed by atoms with E-state index in [2.05, 4.69) is 10.6 Å². The first-order chi connectivity index (χ1) is 17.4. The number of rotatable bonds is 8. The molecule has 3 amide bonds. The number of likely N-dealkylation sites (tertiary alicyclic amines) is 1. The number of aliphatic hydroxyl groups is 1. The summed E-state index contributed by atoms with van der Waals surface area (Å²) in [5.74, 6) is -2.15. The Labute approximate surface area is 211 Å². The molecule has 0 saturated carbocycles. The van der Waals surface area contributed by atoms with Crippen LogP contribution in [-0.2, 0) is 25.7 Å². The van der Waals surface area contributed by atoms with Gasteiger partial charge in [0.25, 0.3) is 0 Å². The van der Waals surface area contributed by atoms with Gasteiger partial charge in [0.05, 0.1) is 17.9 Å². The van der Waals surface area contributed by atoms with E-state index in [0.29, 0.717) is 31.5 Å². The van der Waals surface area contributed by atoms with E-state index in [4.69, 9.17) is 4.74 Å². The zero-order valence-corrected chi connectivity index (χ0v) is 20.7. The molecule has 5 rings (SSSR count). The van der Waals surface area contributed by atoms with E-state index in [1.807, 2.05) is 62.4 Å². The summed E-state index contributed by atoms with van der Waals surface area (Å²) < 4.78 is 6.43. The molecule has 3 aliphatic rings. The third-order valence-electron chi connectivity index (χ3n) is 7.87. The smallest absolute Gasteiger partial charge is 0.250 e. The van der Waals surface area contributed by atoms with Gasteiger partial charge in [0, 0.05) is 25.4 Å². The summed E-state index contributed by atoms with van der Waals surface area (Å²) in [7, 11) is 0. The number of fused-ring (bicyclic) bond motifs is 1. The molecule has 2 aromatic carbocycles. The average molecular weight is 492 g/mol. The topological polar surface area (TPSA) is 108 Å². The van der Waals surface area contributed by atoms with E-state index >= 15 is 0 Å². The van der Waals surface area contributed by atoms with Crippen LogP contribution in [0.25, 0.3) is 0 Å². The third-order valence-corrected chi connectivity index (χ3v) is 7.87. The molecule has 2 aromatic rings. The van der Waals surface area contributed by atoms with Gasteiger partial charge >= 0.3 is 0 Å². The maximum Gasteiger partial charge on any atom is 0.250 e. The number of amides is 3. The highest BCUT2D eigenvalue weighted by molar-refractivity contribution is 6.03. The highest BCUT2D eigenvalue weighted by atomic mass is 16.5. The van der Waals surface area contributed by atoms with Crippen LogP contribution in [0.15, 0.2) is 48.5 Å². The van der Waals surface area contributed by atoms with E-state index < -0.39 is 29.6 Å². The van der Waals surface area contributed by atoms with Crippen molar-refractivity contribution >= 4 is 23.4 Å². The Morgan fingerprint density at radius 1 is 1.14 bits per heavy atom. The molecule has 3 heterocycles. The number of aryl methyl sites for hydroxylation is 2. The summed E-state index contributed by atoms with van der Waals surface area (Å²) in [6.07, 6.45) is 1.10. The molecular weight excluding hydrogens is 458 g/mol. The van der Waals surface area contributed by atoms with Crippen molar-refractivity contribution in [1.82, 2.24) is 10.2 Å². The van der Waals surface area contributed by atoms with Crippen LogP contribution in [0.5, 0.6) is 0 Å². The Balaban J connectivity index is 1.42. The summed E-state index contributed by atoms with van der Waals surface area (Å²) >= 11 is 0. The molecule has 3 saturated heterocycles. The molecule has 1 spiro atoms. The first kappa shape index (κ1) is 24.5. The number of aliphatic hydroxyl groups excluding tert-OH is 1. The molecule has 0 aliphatic carbocycles. The third kappa shape index (κ3) is 4.08. The van der Waals surface area contributed by atoms with Crippen LogP contribution in [0.4, 0.5) is 5.69 Å². The molecular formula is C28H33N3O5. The Morgan fingerprint density at radius 3 is 2.67 bits per heavy atom. The summed E-state index contributed by atoms with van der Waals surface area (Å²) in [4.78, 5) is 42.4. The Bertz CT molecular complexity index is 1170. The maximum absolute atomic E-state index is 13.8. The van der Waals surface area contributed by atoms with Crippen molar-refractivity contribution < 1.29 is 24.2 Å². The van der Waals surface area contributed by atoms with Gasteiger partial charge in [0.15, 0.2) is 0 Å². The molecule has 3 N–H and O–H groups in total. The first-order valence-corrected chi connectivity index (χ1v) is 12.6. The number of hydrogen-bond donors (Lipinski definition) is 3. The van der Waals surface area contributed by atoms with E-state index in [9.17, 15) is 19.5 Å². The van der Waals surface area contributed by atoms with Crippen LogP contribution in [0.3, 0.4) is 0 Å². The molecule has 2 unspecified atom stereocenters. The maximum atomic E-state index is 13.8. The zero-order chi connectivity index (χ0) is 25.4. The van der Waals surface area contributed by atoms with E-state index in [-0.39, 0.29) is 30.9 Å². The molecule has 8 nitrogen and oxygen atoms in total. The number of anilines is 1. The van der Waals surface area contributed by atoms with Crippen molar-refractivity contribution in [2.45, 2.75) is 57.4 Å². The van der Waals surface area contributed by atoms with Crippen molar-refractivity contribution in [2.75, 3.05) is 18.5 Å². The zero-order valence-electron chi connectivity index (χ0n) is 20.7. The van der Waals surface area contributed by atoms with Gasteiger partial charge in [0.2, 0.25) is 17.7 Å². The molecule has 36 heavy (non-hydrogen) atoms. The van der Waals surface area contributed by atoms with Gasteiger partial charge in [-0.25, -0.2) is 0 Å². The second-order valence-corrected chi connectivity index (χ2v) is 10.2. The highest BCUT2D eigenvalue weighted by Gasteiger charge is 2.74. The number of ether oxygens (including phenoxy) is 1. The van der Waals surface area contributed by atoms with Crippen molar-refractivity contribution in [3.63, 3.8) is 0 Å². The molecule has 0 radical (unpaired) electrons. The number of carbonyl (C=O) groups excluding carboxylic acids is 3. The lowest BCUT2D eigenvalue weighted by molar-refractivity contribution is -0.141. The lowest BCUT2D eigenvalue weighted by Crippen LogP contribution is -2.53. The molecule has 8 heteroatoms. The Hall–Kier alpha value is -3.23. The van der Waals surface area contributed by atoms with E-state index in [1.165, 1.54) is 4.90 Å². The predicted molar refractivity (Wildman–Crippen MR) is 134 cm³/mol. The number of nitrogens with one attached hydrogen (secondary N) is 2. The quantitative estimate of drug-likeness (QED) is 0.525. The Kier molecular flexibility index (Phi) is 6.57. The average Bonchev–Trinajstić information content (AvgIpc) is 3.51. The summed E-state index contributed by atoms with van der Waals surface area (Å²) in [6.45, 7) is 4.37. The van der Waals surface area contributed by atoms with Crippen molar-refractivity contribution in [2.24, 2.45) is 11.8 Å². The van der Waals surface area contributed by atoms with Crippen LogP contribution in [0, 0.1) is 25.7 Å². The molecule has 0 aromatic heterocycles. The van der Waals surface area contributed by atoms with Crippen LogP contribution in [-0.4, -0.2) is 58.6 Å². The van der Waals surface area contributed by atoms with Gasteiger partial charge in [-0.2, -0.15) is 0 Å². The van der Waals surface area contributed by atoms with E-state index in [1.54, 1.807) is 0 Å². The van der Waals surface area contributed by atoms with Crippen molar-refractivity contribution in [3.05, 3.63) is 65.2 Å². The number of carbonyl (C=O) groups is 3. The molecule has 190 valence electrons. The van der Waals surface area contributed by atoms with Gasteiger partial charge < -0.3 is 25.4 Å². The number of nitrogens with zero attached hydrogens (tertiary/aromatic N) is 1. The fraction of sp³-hybridized carbons (Fsp3) is 0.464. The standard InChI is InChI=1S/C28H33N3O5/c1-17-9-10-18(2)20(15-17)30-26(34)24-28-12-11-21(36-28)22(23(28)27(35)31(24)13-6-14-32)25(33)29-16-19-7-4-3-5-8-19/h3-5,7-10,15,21-24,32H,6,11-14,16H2,1-2H3,(H,29,33)(H,30,34)/t21-,22+,23-,24?,28?/m0/s1. The fourth-order valence-corrected chi connectivity index (χ4v) is 6.21. The molecule has 3 fully saturated rings. The predicted octanol–water partition coefficient (Wildman–Crippen LogP) is 2.32. The largest absolute Gasteiger partial charge is 0.396 e. The summed E-state index contributed by atoms with van der Waals surface area (Å²) in [5.41, 5.74) is 2.55. The minimum Gasteiger partial charge on any atom is -0.396 e. The molecule has 2 bridgehead atoms. The van der Waals surface area contributed by atoms with Crippen LogP contribution < -0.4 is 10.6 Å². The highest BCUT2D eigenvalue weighted by Crippen LogP contribution is 2.58. The SMILES string of the molecule is Cc1ccc(C)c(NC(=O)C2N(CCCO)C(=O)[C@@H]3[C@H](C(=O)NCc4ccccc4)[C@@H]4CCC23O4)c1. The first-order valence-electron chi connectivity index (χ1n) is 12.6. The lowest BCUT2D eigenvalue weighted by Gasteiger charge is -2.33. The van der Waals surface area contributed by atoms with Gasteiger partial charge in [-0.1, -0.05) is 42.5 Å². The molecule has 5 atom stereocenters. The second kappa shape index (κ2) is 9.67. The van der Waals surface area contributed by atoms with Gasteiger partial charge in [-0.15, -0.1) is 0 Å². The number of benzene rings is 2. The Morgan fingerprint density at radius 2 is 1.92 bits per heavy atom. The second-order valence-electron chi connectivity index (χ2n) is 10.2. The molecule has 3 aliphatic heterocycles. The minimum absolute atomic E-state index is 0.1000. The van der Waals surface area contributed by atoms with Gasteiger partial charge in [0.1, 0.15) is 11.6 Å². The lowest BCUT2D eigenvalue weighted by atomic mass is 9.70. The summed E-state index contributed by atoms with van der Waals surface area (Å²) in [6, 6.07) is 14.6. The van der Waals surface area contributed by atoms with Gasteiger partial charge in [-0.05, 0) is 55.9 Å². The fourth-order valence-electron chi connectivity index (χ4n) is 6.21. The van der Waals surface area contributed by atoms with Crippen LogP contribution >= 0.6 is 0 Å². The minimum atomic E-state index is -1.05. The van der Waals surface area contributed by atoms with E-state index in [0.717, 1.165) is 16.7 Å². The normalized spacial score (nSPS) is 28.3. The monoisotopic (exact) mass is 491 g/mol. The van der Waals surface area contributed by atoms with Crippen molar-refractivity contribution in [3.8, 4) is 0 Å². The van der Waals surface area contributed by atoms with Crippen molar-refractivity contribution in [1.29, 1.82) is 0 Å². The van der Waals surface area contributed by atoms with Crippen LogP contribution in [0.1, 0.15) is 36.0 Å².